The number of fused-ring (bicyclic) bond motifs is 1. The maximum absolute atomic E-state index is 12.6. The molecule has 30 heavy (non-hydrogen) atoms. The molecule has 0 unspecified atom stereocenters. The summed E-state index contributed by atoms with van der Waals surface area (Å²) in [4.78, 5) is 27.0. The van der Waals surface area contributed by atoms with Gasteiger partial charge in [0, 0.05) is 30.7 Å². The van der Waals surface area contributed by atoms with E-state index in [4.69, 9.17) is 34.8 Å². The van der Waals surface area contributed by atoms with E-state index in [0.29, 0.717) is 20.6 Å². The Morgan fingerprint density at radius 3 is 2.57 bits per heavy atom. The monoisotopic (exact) mass is 483 g/mol. The Hall–Kier alpha value is -1.57. The predicted octanol–water partition coefficient (Wildman–Crippen LogP) is 4.80. The number of aromatic nitrogens is 1. The molecule has 1 amide bonds. The van der Waals surface area contributed by atoms with Crippen LogP contribution >= 0.6 is 46.1 Å². The van der Waals surface area contributed by atoms with Crippen LogP contribution in [0.15, 0.2) is 41.2 Å². The molecule has 0 saturated carbocycles. The van der Waals surface area contributed by atoms with E-state index >= 15 is 0 Å². The minimum Gasteiger partial charge on any atom is -0.352 e. The zero-order valence-electron chi connectivity index (χ0n) is 16.0. The Balaban J connectivity index is 1.31. The van der Waals surface area contributed by atoms with Crippen LogP contribution in [0.25, 0.3) is 10.2 Å². The highest BCUT2D eigenvalue weighted by Gasteiger charge is 2.21. The van der Waals surface area contributed by atoms with Crippen molar-refractivity contribution >= 4 is 62.3 Å². The lowest BCUT2D eigenvalue weighted by molar-refractivity contribution is -0.122. The molecule has 2 heterocycles. The molecule has 1 fully saturated rings. The number of amides is 1. The average molecular weight is 485 g/mol. The van der Waals surface area contributed by atoms with Gasteiger partial charge in [-0.25, -0.2) is 0 Å². The number of nitrogens with one attached hydrogen (secondary N) is 1. The second-order valence-electron chi connectivity index (χ2n) is 7.43. The highest BCUT2D eigenvalue weighted by molar-refractivity contribution is 7.16. The van der Waals surface area contributed by atoms with E-state index in [1.807, 2.05) is 24.3 Å². The quantitative estimate of drug-likeness (QED) is 0.566. The van der Waals surface area contributed by atoms with Gasteiger partial charge >= 0.3 is 4.87 Å². The van der Waals surface area contributed by atoms with E-state index in [2.05, 4.69) is 10.2 Å². The molecule has 0 radical (unpaired) electrons. The number of thiazole rings is 1. The van der Waals surface area contributed by atoms with Gasteiger partial charge in [-0.1, -0.05) is 52.2 Å². The number of benzene rings is 2. The first-order chi connectivity index (χ1) is 14.4. The fourth-order valence-corrected chi connectivity index (χ4v) is 5.09. The standard InChI is InChI=1S/C21H20Cl3N3O2S/c22-14-2-4-19-18(10-14)27(21(29)30-19)12-20(28)25-15-5-7-26(8-6-15)11-13-1-3-16(23)17(24)9-13/h1-4,9-10,15H,5-8,11-12H2,(H,25,28). The molecule has 158 valence electrons. The van der Waals surface area contributed by atoms with Gasteiger partial charge in [0.25, 0.3) is 0 Å². The topological polar surface area (TPSA) is 54.3 Å². The van der Waals surface area contributed by atoms with Crippen LogP contribution in [0.3, 0.4) is 0 Å². The second-order valence-corrected chi connectivity index (χ2v) is 9.68. The highest BCUT2D eigenvalue weighted by Crippen LogP contribution is 2.24. The van der Waals surface area contributed by atoms with Crippen LogP contribution in [-0.4, -0.2) is 34.5 Å². The number of likely N-dealkylation sites (tertiary alicyclic amines) is 1. The molecule has 9 heteroatoms. The van der Waals surface area contributed by atoms with Crippen LogP contribution in [0.5, 0.6) is 0 Å². The second kappa shape index (κ2) is 9.28. The first kappa shape index (κ1) is 21.7. The number of carbonyl (C=O) groups excluding carboxylic acids is 1. The van der Waals surface area contributed by atoms with Crippen molar-refractivity contribution in [3.8, 4) is 0 Å². The smallest absolute Gasteiger partial charge is 0.308 e. The number of hydrogen-bond acceptors (Lipinski definition) is 4. The first-order valence-electron chi connectivity index (χ1n) is 9.63. The lowest BCUT2D eigenvalue weighted by Gasteiger charge is -2.32. The molecule has 0 spiro atoms. The van der Waals surface area contributed by atoms with Gasteiger partial charge < -0.3 is 5.32 Å². The molecule has 3 aromatic rings. The summed E-state index contributed by atoms with van der Waals surface area (Å²) in [5.74, 6) is -0.153. The summed E-state index contributed by atoms with van der Waals surface area (Å²) in [6.07, 6.45) is 1.72. The molecular weight excluding hydrogens is 465 g/mol. The molecule has 1 aliphatic rings. The van der Waals surface area contributed by atoms with E-state index in [1.165, 1.54) is 4.57 Å². The molecule has 1 N–H and O–H groups in total. The third-order valence-electron chi connectivity index (χ3n) is 5.27. The van der Waals surface area contributed by atoms with E-state index < -0.39 is 0 Å². The summed E-state index contributed by atoms with van der Waals surface area (Å²) in [6.45, 7) is 2.56. The third kappa shape index (κ3) is 5.01. The maximum Gasteiger partial charge on any atom is 0.308 e. The Morgan fingerprint density at radius 2 is 1.83 bits per heavy atom. The van der Waals surface area contributed by atoms with Crippen LogP contribution in [-0.2, 0) is 17.9 Å². The lowest BCUT2D eigenvalue weighted by Crippen LogP contribution is -2.45. The Labute approximate surface area is 193 Å². The molecule has 2 aromatic carbocycles. The molecule has 0 atom stereocenters. The van der Waals surface area contributed by atoms with Crippen molar-refractivity contribution in [3.63, 3.8) is 0 Å². The summed E-state index contributed by atoms with van der Waals surface area (Å²) in [6, 6.07) is 11.1. The summed E-state index contributed by atoms with van der Waals surface area (Å²) in [5.41, 5.74) is 1.82. The summed E-state index contributed by atoms with van der Waals surface area (Å²) in [7, 11) is 0. The van der Waals surface area contributed by atoms with Crippen molar-refractivity contribution in [2.24, 2.45) is 0 Å². The van der Waals surface area contributed by atoms with Crippen LogP contribution in [0, 0.1) is 0 Å². The molecular formula is C21H20Cl3N3O2S. The largest absolute Gasteiger partial charge is 0.352 e. The van der Waals surface area contributed by atoms with Crippen LogP contribution in [0.1, 0.15) is 18.4 Å². The molecule has 0 aliphatic carbocycles. The predicted molar refractivity (Wildman–Crippen MR) is 124 cm³/mol. The van der Waals surface area contributed by atoms with Crippen molar-refractivity contribution in [1.82, 2.24) is 14.8 Å². The van der Waals surface area contributed by atoms with Crippen LogP contribution < -0.4 is 10.2 Å². The Morgan fingerprint density at radius 1 is 1.07 bits per heavy atom. The molecule has 1 aromatic heterocycles. The zero-order chi connectivity index (χ0) is 21.3. The number of halogens is 3. The zero-order valence-corrected chi connectivity index (χ0v) is 19.1. The molecule has 1 saturated heterocycles. The van der Waals surface area contributed by atoms with E-state index in [-0.39, 0.29) is 23.4 Å². The summed E-state index contributed by atoms with van der Waals surface area (Å²) >= 11 is 19.2. The summed E-state index contributed by atoms with van der Waals surface area (Å²) < 4.78 is 2.31. The van der Waals surface area contributed by atoms with Crippen LogP contribution in [0.4, 0.5) is 0 Å². The molecule has 5 nitrogen and oxygen atoms in total. The van der Waals surface area contributed by atoms with Crippen molar-refractivity contribution in [2.45, 2.75) is 32.0 Å². The van der Waals surface area contributed by atoms with Gasteiger partial charge in [0.05, 0.1) is 20.3 Å². The van der Waals surface area contributed by atoms with Gasteiger partial charge in [0.1, 0.15) is 6.54 Å². The van der Waals surface area contributed by atoms with Gasteiger partial charge in [-0.05, 0) is 48.7 Å². The van der Waals surface area contributed by atoms with Crippen LogP contribution in [0.2, 0.25) is 15.1 Å². The normalized spacial score (nSPS) is 15.6. The van der Waals surface area contributed by atoms with Gasteiger partial charge in [0.2, 0.25) is 5.91 Å². The van der Waals surface area contributed by atoms with Crippen molar-refractivity contribution in [2.75, 3.05) is 13.1 Å². The van der Waals surface area contributed by atoms with E-state index in [9.17, 15) is 9.59 Å². The number of piperidine rings is 1. The van der Waals surface area contributed by atoms with E-state index in [0.717, 1.165) is 54.1 Å². The molecule has 4 rings (SSSR count). The van der Waals surface area contributed by atoms with Gasteiger partial charge in [0.15, 0.2) is 0 Å². The van der Waals surface area contributed by atoms with E-state index in [1.54, 1.807) is 12.1 Å². The fraction of sp³-hybridized carbons (Fsp3) is 0.333. The Kier molecular flexibility index (Phi) is 6.70. The lowest BCUT2D eigenvalue weighted by atomic mass is 10.0. The Bertz CT molecular complexity index is 1140. The maximum atomic E-state index is 12.6. The molecule has 1 aliphatic heterocycles. The van der Waals surface area contributed by atoms with Crippen molar-refractivity contribution in [3.05, 3.63) is 66.7 Å². The molecule has 0 bridgehead atoms. The number of carbonyl (C=O) groups is 1. The van der Waals surface area contributed by atoms with Gasteiger partial charge in [-0.2, -0.15) is 0 Å². The minimum atomic E-state index is -0.154. The first-order valence-corrected chi connectivity index (χ1v) is 11.6. The van der Waals surface area contributed by atoms with Crippen molar-refractivity contribution in [1.29, 1.82) is 0 Å². The van der Waals surface area contributed by atoms with Gasteiger partial charge in [-0.3, -0.25) is 19.1 Å². The fourth-order valence-electron chi connectivity index (χ4n) is 3.73. The summed E-state index contributed by atoms with van der Waals surface area (Å²) in [5, 5.41) is 4.74. The number of hydrogen-bond donors (Lipinski definition) is 1. The van der Waals surface area contributed by atoms with Gasteiger partial charge in [-0.15, -0.1) is 0 Å². The number of nitrogens with zero attached hydrogens (tertiary/aromatic N) is 2. The minimum absolute atomic E-state index is 0.00264. The number of rotatable bonds is 5. The van der Waals surface area contributed by atoms with Crippen molar-refractivity contribution < 1.29 is 4.79 Å². The highest BCUT2D eigenvalue weighted by atomic mass is 35.5. The average Bonchev–Trinajstić information content (AvgIpc) is 3.01. The third-order valence-corrected chi connectivity index (χ3v) is 7.21. The SMILES string of the molecule is O=C(Cn1c(=O)sc2ccc(Cl)cc21)NC1CCN(Cc2ccc(Cl)c(Cl)c2)CC1.